The van der Waals surface area contributed by atoms with Crippen molar-refractivity contribution in [2.24, 2.45) is 0 Å². The van der Waals surface area contributed by atoms with Gasteiger partial charge in [-0.3, -0.25) is 10.1 Å². The Hall–Kier alpha value is -3.41. The number of carbonyl (C=O) groups excluding carboxylic acids is 1. The second kappa shape index (κ2) is 8.11. The van der Waals surface area contributed by atoms with Gasteiger partial charge in [-0.2, -0.15) is 0 Å². The lowest BCUT2D eigenvalue weighted by molar-refractivity contribution is -0.111. The molecule has 0 aliphatic carbocycles. The van der Waals surface area contributed by atoms with Crippen LogP contribution in [0.5, 0.6) is 5.75 Å². The topological polar surface area (TPSA) is 69.0 Å². The van der Waals surface area contributed by atoms with Crippen molar-refractivity contribution >= 4 is 17.9 Å². The van der Waals surface area contributed by atoms with E-state index in [1.165, 1.54) is 11.6 Å². The van der Waals surface area contributed by atoms with Gasteiger partial charge in [0.25, 0.3) is 5.91 Å². The minimum Gasteiger partial charge on any atom is -0.496 e. The number of aromatic nitrogens is 3. The van der Waals surface area contributed by atoms with E-state index in [2.05, 4.69) is 21.5 Å². The van der Waals surface area contributed by atoms with Crippen LogP contribution in [0, 0.1) is 6.92 Å². The lowest BCUT2D eigenvalue weighted by atomic mass is 10.1. The number of ether oxygens (including phenoxy) is 1. The van der Waals surface area contributed by atoms with Crippen LogP contribution in [0.4, 0.5) is 5.95 Å². The molecular formula is C20H20N4O2. The van der Waals surface area contributed by atoms with Crippen molar-refractivity contribution in [3.8, 4) is 5.75 Å². The van der Waals surface area contributed by atoms with Crippen LogP contribution in [0.3, 0.4) is 0 Å². The number of anilines is 1. The molecule has 0 spiro atoms. The van der Waals surface area contributed by atoms with E-state index in [1.54, 1.807) is 24.2 Å². The molecule has 132 valence electrons. The first kappa shape index (κ1) is 17.4. The number of rotatable bonds is 6. The first-order chi connectivity index (χ1) is 12.6. The number of amides is 1. The first-order valence-corrected chi connectivity index (χ1v) is 8.21. The molecule has 0 atom stereocenters. The quantitative estimate of drug-likeness (QED) is 0.694. The van der Waals surface area contributed by atoms with E-state index in [-0.39, 0.29) is 11.9 Å². The Kier molecular flexibility index (Phi) is 5.43. The third-order valence-electron chi connectivity index (χ3n) is 3.75. The second-order valence-corrected chi connectivity index (χ2v) is 5.82. The van der Waals surface area contributed by atoms with Crippen molar-refractivity contribution in [3.63, 3.8) is 0 Å². The van der Waals surface area contributed by atoms with Crippen LogP contribution < -0.4 is 10.1 Å². The molecule has 3 rings (SSSR count). The minimum atomic E-state index is -0.302. The Labute approximate surface area is 152 Å². The zero-order chi connectivity index (χ0) is 18.4. The summed E-state index contributed by atoms with van der Waals surface area (Å²) >= 11 is 0. The van der Waals surface area contributed by atoms with Crippen LogP contribution in [0.25, 0.3) is 6.08 Å². The molecule has 6 nitrogen and oxygen atoms in total. The number of nitrogens with one attached hydrogen (secondary N) is 1. The third-order valence-corrected chi connectivity index (χ3v) is 3.75. The van der Waals surface area contributed by atoms with Gasteiger partial charge in [0.2, 0.25) is 5.95 Å². The maximum atomic E-state index is 12.1. The predicted octanol–water partition coefficient (Wildman–Crippen LogP) is 3.30. The highest BCUT2D eigenvalue weighted by Gasteiger charge is 2.05. The van der Waals surface area contributed by atoms with Gasteiger partial charge in [-0.05, 0) is 24.6 Å². The Morgan fingerprint density at radius 3 is 2.88 bits per heavy atom. The summed E-state index contributed by atoms with van der Waals surface area (Å²) in [6.07, 6.45) is 4.72. The van der Waals surface area contributed by atoms with Gasteiger partial charge in [0.05, 0.1) is 13.7 Å². The molecule has 0 fully saturated rings. The summed E-state index contributed by atoms with van der Waals surface area (Å²) in [6.45, 7) is 2.64. The van der Waals surface area contributed by atoms with Gasteiger partial charge in [0.15, 0.2) is 0 Å². The fraction of sp³-hybridized carbons (Fsp3) is 0.150. The number of hydrogen-bond acceptors (Lipinski definition) is 4. The molecule has 0 saturated heterocycles. The van der Waals surface area contributed by atoms with E-state index in [4.69, 9.17) is 4.74 Å². The molecule has 1 amide bonds. The zero-order valence-electron chi connectivity index (χ0n) is 14.7. The summed E-state index contributed by atoms with van der Waals surface area (Å²) in [4.78, 5) is 16.2. The number of carbonyl (C=O) groups is 1. The maximum absolute atomic E-state index is 12.1. The average molecular weight is 348 g/mol. The SMILES string of the molecule is COc1ccccc1C=CC(=O)Nc1ncn(Cc2cccc(C)c2)n1. The molecule has 0 bridgehead atoms. The molecule has 1 heterocycles. The molecule has 1 N–H and O–H groups in total. The van der Waals surface area contributed by atoms with Gasteiger partial charge >= 0.3 is 0 Å². The standard InChI is InChI=1S/C20H20N4O2/c1-15-6-5-7-16(12-15)13-24-14-21-20(23-24)22-19(25)11-10-17-8-3-4-9-18(17)26-2/h3-12,14H,13H2,1-2H3,(H,22,23,25). The average Bonchev–Trinajstić information content (AvgIpc) is 3.07. The number of nitrogens with zero attached hydrogens (tertiary/aromatic N) is 3. The highest BCUT2D eigenvalue weighted by molar-refractivity contribution is 6.01. The van der Waals surface area contributed by atoms with Gasteiger partial charge in [0, 0.05) is 11.6 Å². The van der Waals surface area contributed by atoms with Crippen LogP contribution in [0.2, 0.25) is 0 Å². The minimum absolute atomic E-state index is 0.271. The monoisotopic (exact) mass is 348 g/mol. The summed E-state index contributed by atoms with van der Waals surface area (Å²) < 4.78 is 6.94. The molecule has 1 aromatic heterocycles. The largest absolute Gasteiger partial charge is 0.496 e. The van der Waals surface area contributed by atoms with Crippen molar-refractivity contribution in [2.75, 3.05) is 12.4 Å². The molecule has 0 radical (unpaired) electrons. The van der Waals surface area contributed by atoms with E-state index >= 15 is 0 Å². The summed E-state index contributed by atoms with van der Waals surface area (Å²) in [6, 6.07) is 15.6. The Morgan fingerprint density at radius 2 is 2.08 bits per heavy atom. The van der Waals surface area contributed by atoms with Crippen molar-refractivity contribution in [1.82, 2.24) is 14.8 Å². The smallest absolute Gasteiger partial charge is 0.250 e. The normalized spacial score (nSPS) is 10.8. The van der Waals surface area contributed by atoms with E-state index in [9.17, 15) is 4.79 Å². The summed E-state index contributed by atoms with van der Waals surface area (Å²) in [7, 11) is 1.59. The lowest BCUT2D eigenvalue weighted by Gasteiger charge is -2.03. The van der Waals surface area contributed by atoms with Gasteiger partial charge < -0.3 is 4.74 Å². The summed E-state index contributed by atoms with van der Waals surface area (Å²) in [5, 5.41) is 6.94. The molecule has 26 heavy (non-hydrogen) atoms. The molecule has 0 aliphatic rings. The van der Waals surface area contributed by atoms with Gasteiger partial charge in [-0.25, -0.2) is 9.67 Å². The number of methoxy groups -OCH3 is 1. The number of para-hydroxylation sites is 1. The van der Waals surface area contributed by atoms with Gasteiger partial charge in [-0.15, -0.1) is 5.10 Å². The summed E-state index contributed by atoms with van der Waals surface area (Å²) in [5.41, 5.74) is 3.14. The van der Waals surface area contributed by atoms with Crippen LogP contribution in [-0.2, 0) is 11.3 Å². The highest BCUT2D eigenvalue weighted by Crippen LogP contribution is 2.18. The molecule has 0 saturated carbocycles. The summed E-state index contributed by atoms with van der Waals surface area (Å²) in [5.74, 6) is 0.675. The molecule has 0 unspecified atom stereocenters. The van der Waals surface area contributed by atoms with Crippen molar-refractivity contribution in [2.45, 2.75) is 13.5 Å². The Morgan fingerprint density at radius 1 is 1.23 bits per heavy atom. The number of aryl methyl sites for hydroxylation is 1. The lowest BCUT2D eigenvalue weighted by Crippen LogP contribution is -2.10. The van der Waals surface area contributed by atoms with Crippen molar-refractivity contribution in [3.05, 3.63) is 77.6 Å². The van der Waals surface area contributed by atoms with E-state index in [1.807, 2.05) is 49.4 Å². The zero-order valence-corrected chi connectivity index (χ0v) is 14.7. The number of benzene rings is 2. The molecule has 6 heteroatoms. The fourth-order valence-corrected chi connectivity index (χ4v) is 2.55. The molecule has 2 aromatic carbocycles. The van der Waals surface area contributed by atoms with Gasteiger partial charge in [-0.1, -0.05) is 48.0 Å². The first-order valence-electron chi connectivity index (χ1n) is 8.21. The second-order valence-electron chi connectivity index (χ2n) is 5.82. The van der Waals surface area contributed by atoms with Crippen LogP contribution in [-0.4, -0.2) is 27.8 Å². The van der Waals surface area contributed by atoms with E-state index < -0.39 is 0 Å². The van der Waals surface area contributed by atoms with Gasteiger partial charge in [0.1, 0.15) is 12.1 Å². The molecular weight excluding hydrogens is 328 g/mol. The van der Waals surface area contributed by atoms with Crippen LogP contribution >= 0.6 is 0 Å². The third kappa shape index (κ3) is 4.57. The molecule has 3 aromatic rings. The number of hydrogen-bond donors (Lipinski definition) is 1. The highest BCUT2D eigenvalue weighted by atomic mass is 16.5. The predicted molar refractivity (Wildman–Crippen MR) is 101 cm³/mol. The van der Waals surface area contributed by atoms with E-state index in [0.717, 1.165) is 11.1 Å². The van der Waals surface area contributed by atoms with Crippen LogP contribution in [0.1, 0.15) is 16.7 Å². The fourth-order valence-electron chi connectivity index (χ4n) is 2.55. The Bertz CT molecular complexity index is 931. The molecule has 0 aliphatic heterocycles. The van der Waals surface area contributed by atoms with Crippen LogP contribution in [0.15, 0.2) is 60.9 Å². The van der Waals surface area contributed by atoms with Crippen molar-refractivity contribution < 1.29 is 9.53 Å². The maximum Gasteiger partial charge on any atom is 0.250 e. The van der Waals surface area contributed by atoms with E-state index in [0.29, 0.717) is 12.3 Å². The van der Waals surface area contributed by atoms with Crippen molar-refractivity contribution in [1.29, 1.82) is 0 Å². The Balaban J connectivity index is 1.61.